The molecule has 0 bridgehead atoms. The number of furan rings is 1. The van der Waals surface area contributed by atoms with Crippen LogP contribution in [-0.2, 0) is 14.2 Å². The highest BCUT2D eigenvalue weighted by atomic mass is 16.7. The molecular weight excluding hydrogens is 544 g/mol. The molecule has 0 unspecified atom stereocenters. The summed E-state index contributed by atoms with van der Waals surface area (Å²) < 4.78 is 32.7. The molecule has 5 rings (SSSR count). The lowest BCUT2D eigenvalue weighted by atomic mass is 9.97. The molecule has 0 saturated carbocycles. The Labute approximate surface area is 223 Å². The van der Waals surface area contributed by atoms with Gasteiger partial charge in [-0.3, -0.25) is 0 Å². The van der Waals surface area contributed by atoms with E-state index in [9.17, 15) is 50.8 Å². The predicted molar refractivity (Wildman–Crippen MR) is 127 cm³/mol. The third-order valence-electron chi connectivity index (χ3n) is 6.90. The predicted octanol–water partition coefficient (Wildman–Crippen LogP) is -2.74. The fourth-order valence-corrected chi connectivity index (χ4v) is 4.80. The van der Waals surface area contributed by atoms with Crippen LogP contribution in [0, 0.1) is 6.92 Å². The fraction of sp³-hybridized carbons (Fsp3) is 0.542. The molecule has 10 atom stereocenters. The average molecular weight is 572 g/mol. The summed E-state index contributed by atoms with van der Waals surface area (Å²) in [4.78, 5) is 12.4. The van der Waals surface area contributed by atoms with Gasteiger partial charge in [0.1, 0.15) is 65.6 Å². The Hall–Kier alpha value is -3.03. The van der Waals surface area contributed by atoms with E-state index in [4.69, 9.17) is 27.8 Å². The summed E-state index contributed by atoms with van der Waals surface area (Å²) in [7, 11) is 0. The van der Waals surface area contributed by atoms with Gasteiger partial charge >= 0.3 is 5.63 Å². The van der Waals surface area contributed by atoms with Crippen LogP contribution in [0.5, 0.6) is 17.2 Å². The van der Waals surface area contributed by atoms with Gasteiger partial charge in [0.25, 0.3) is 0 Å². The van der Waals surface area contributed by atoms with E-state index in [1.54, 1.807) is 0 Å². The number of benzene rings is 1. The lowest BCUT2D eigenvalue weighted by Gasteiger charge is -2.45. The highest BCUT2D eigenvalue weighted by Crippen LogP contribution is 2.46. The Morgan fingerprint density at radius 2 is 1.48 bits per heavy atom. The summed E-state index contributed by atoms with van der Waals surface area (Å²) in [6, 6.07) is 2.44. The molecule has 220 valence electrons. The molecule has 0 radical (unpaired) electrons. The third kappa shape index (κ3) is 4.67. The van der Waals surface area contributed by atoms with Crippen LogP contribution in [0.2, 0.25) is 0 Å². The molecule has 4 heterocycles. The van der Waals surface area contributed by atoms with Crippen LogP contribution in [0.1, 0.15) is 5.76 Å². The van der Waals surface area contributed by atoms with Crippen molar-refractivity contribution in [2.45, 2.75) is 68.3 Å². The maximum Gasteiger partial charge on any atom is 0.347 e. The standard InChI is InChI=1S/C24H28O16/c1-6-2-9-12(22(34)35-6)7-3-8(27)13(28)21(19(7)36-9)40-24-18(33)16(31)20(11(5-26)38-24)39-23-17(32)15(30)14(29)10(4-25)37-23/h2-3,10-11,14-18,20,23-33H,4-5H2,1H3/t10-,11-,14+,15+,16-,17-,18-,20-,23+,24+/m1/s1. The number of fused-ring (bicyclic) bond motifs is 3. The van der Waals surface area contributed by atoms with Crippen LogP contribution in [0.15, 0.2) is 25.8 Å². The van der Waals surface area contributed by atoms with Crippen LogP contribution >= 0.6 is 0 Å². The van der Waals surface area contributed by atoms with Gasteiger partial charge in [0.2, 0.25) is 17.8 Å². The zero-order valence-corrected chi connectivity index (χ0v) is 20.7. The SMILES string of the molecule is Cc1cc2oc3c(O[C@@H]4O[C@H](CO)[C@@H](O[C@@H]5O[C@H](CO)[C@H](O)[C@H](O)[C@H]5O)[C@H](O)[C@H]4O)c(O)c(O)cc3c2c(=O)o1. The molecule has 16 heteroatoms. The molecule has 3 aromatic rings. The molecule has 0 amide bonds. The van der Waals surface area contributed by atoms with Gasteiger partial charge in [-0.15, -0.1) is 0 Å². The number of hydrogen-bond acceptors (Lipinski definition) is 16. The molecule has 2 aliphatic rings. The van der Waals surface area contributed by atoms with Gasteiger partial charge in [-0.05, 0) is 13.0 Å². The van der Waals surface area contributed by atoms with Gasteiger partial charge in [0, 0.05) is 11.5 Å². The zero-order chi connectivity index (χ0) is 29.0. The van der Waals surface area contributed by atoms with Crippen LogP contribution in [-0.4, -0.2) is 121 Å². The monoisotopic (exact) mass is 572 g/mol. The van der Waals surface area contributed by atoms with E-state index in [1.807, 2.05) is 0 Å². The molecule has 1 aromatic carbocycles. The number of phenols is 2. The minimum Gasteiger partial charge on any atom is -0.504 e. The largest absolute Gasteiger partial charge is 0.504 e. The Morgan fingerprint density at radius 3 is 2.15 bits per heavy atom. The van der Waals surface area contributed by atoms with Crippen molar-refractivity contribution in [1.29, 1.82) is 0 Å². The number of hydrogen-bond donors (Lipinski definition) is 9. The van der Waals surface area contributed by atoms with Crippen LogP contribution < -0.4 is 10.4 Å². The second-order valence-electron chi connectivity index (χ2n) is 9.56. The van der Waals surface area contributed by atoms with Crippen LogP contribution in [0.25, 0.3) is 21.9 Å². The van der Waals surface area contributed by atoms with Gasteiger partial charge in [0.15, 0.2) is 17.6 Å². The van der Waals surface area contributed by atoms with E-state index in [0.717, 1.165) is 6.07 Å². The molecule has 2 aromatic heterocycles. The van der Waals surface area contributed by atoms with E-state index >= 15 is 0 Å². The summed E-state index contributed by atoms with van der Waals surface area (Å²) in [5, 5.41) is 91.9. The van der Waals surface area contributed by atoms with Crippen molar-refractivity contribution in [3.05, 3.63) is 28.3 Å². The number of ether oxygens (including phenoxy) is 4. The number of aryl methyl sites for hydroxylation is 1. The Kier molecular flexibility index (Phi) is 7.66. The minimum atomic E-state index is -1.95. The molecule has 16 nitrogen and oxygen atoms in total. The molecule has 2 saturated heterocycles. The summed E-state index contributed by atoms with van der Waals surface area (Å²) >= 11 is 0. The number of aromatic hydroxyl groups is 2. The molecule has 0 spiro atoms. The first-order valence-electron chi connectivity index (χ1n) is 12.1. The summed E-state index contributed by atoms with van der Waals surface area (Å²) in [5.41, 5.74) is -0.971. The fourth-order valence-electron chi connectivity index (χ4n) is 4.80. The molecule has 40 heavy (non-hydrogen) atoms. The maximum absolute atomic E-state index is 12.4. The van der Waals surface area contributed by atoms with Crippen LogP contribution in [0.4, 0.5) is 0 Å². The number of phenolic OH excluding ortho intramolecular Hbond substituents is 2. The first-order chi connectivity index (χ1) is 19.0. The lowest BCUT2D eigenvalue weighted by Crippen LogP contribution is -2.65. The Balaban J connectivity index is 1.44. The van der Waals surface area contributed by atoms with Gasteiger partial charge in [-0.2, -0.15) is 0 Å². The minimum absolute atomic E-state index is 0.00225. The molecule has 2 aliphatic heterocycles. The highest BCUT2D eigenvalue weighted by Gasteiger charge is 2.51. The van der Waals surface area contributed by atoms with Crippen molar-refractivity contribution in [1.82, 2.24) is 0 Å². The van der Waals surface area contributed by atoms with Crippen molar-refractivity contribution in [2.75, 3.05) is 13.2 Å². The smallest absolute Gasteiger partial charge is 0.347 e. The molecular formula is C24H28O16. The highest BCUT2D eigenvalue weighted by molar-refractivity contribution is 6.07. The first kappa shape index (κ1) is 28.5. The van der Waals surface area contributed by atoms with Crippen molar-refractivity contribution in [3.8, 4) is 17.2 Å². The van der Waals surface area contributed by atoms with Crippen molar-refractivity contribution >= 4 is 21.9 Å². The number of aliphatic hydroxyl groups is 7. The van der Waals surface area contributed by atoms with Gasteiger partial charge in [-0.25, -0.2) is 4.79 Å². The molecule has 0 aliphatic carbocycles. The van der Waals surface area contributed by atoms with E-state index in [0.29, 0.717) is 0 Å². The Morgan fingerprint density at radius 1 is 0.825 bits per heavy atom. The van der Waals surface area contributed by atoms with Crippen molar-refractivity contribution < 1.29 is 73.7 Å². The molecule has 9 N–H and O–H groups in total. The topological polar surface area (TPSA) is 262 Å². The summed E-state index contributed by atoms with van der Waals surface area (Å²) in [6.07, 6.45) is -17.1. The number of rotatable bonds is 6. The zero-order valence-electron chi connectivity index (χ0n) is 20.7. The van der Waals surface area contributed by atoms with Crippen molar-refractivity contribution in [3.63, 3.8) is 0 Å². The third-order valence-corrected chi connectivity index (χ3v) is 6.90. The van der Waals surface area contributed by atoms with E-state index in [1.165, 1.54) is 13.0 Å². The first-order valence-corrected chi connectivity index (χ1v) is 12.1. The lowest BCUT2D eigenvalue weighted by molar-refractivity contribution is -0.352. The van der Waals surface area contributed by atoms with Crippen molar-refractivity contribution in [2.24, 2.45) is 0 Å². The van der Waals surface area contributed by atoms with E-state index < -0.39 is 97.5 Å². The quantitative estimate of drug-likeness (QED) is 0.136. The average Bonchev–Trinajstić information content (AvgIpc) is 3.28. The second kappa shape index (κ2) is 10.7. The normalized spacial score (nSPS) is 34.9. The van der Waals surface area contributed by atoms with E-state index in [-0.39, 0.29) is 27.7 Å². The molecule has 2 fully saturated rings. The van der Waals surface area contributed by atoms with Gasteiger partial charge in [0.05, 0.1) is 13.2 Å². The summed E-state index contributed by atoms with van der Waals surface area (Å²) in [6.45, 7) is -0.0779. The van der Waals surface area contributed by atoms with Gasteiger partial charge < -0.3 is 73.7 Å². The van der Waals surface area contributed by atoms with Crippen LogP contribution in [0.3, 0.4) is 0 Å². The maximum atomic E-state index is 12.4. The number of aliphatic hydroxyl groups excluding tert-OH is 7. The Bertz CT molecular complexity index is 1430. The summed E-state index contributed by atoms with van der Waals surface area (Å²) in [5.74, 6) is -1.92. The van der Waals surface area contributed by atoms with Gasteiger partial charge in [-0.1, -0.05) is 0 Å². The van der Waals surface area contributed by atoms with E-state index in [2.05, 4.69) is 0 Å². The second-order valence-corrected chi connectivity index (χ2v) is 9.56.